The fourth-order valence-electron chi connectivity index (χ4n) is 0.720. The van der Waals surface area contributed by atoms with Crippen LogP contribution in [-0.2, 0) is 10.1 Å². The Bertz CT molecular complexity index is 222. The molecule has 0 aromatic rings. The molecule has 12 heavy (non-hydrogen) atoms. The van der Waals surface area contributed by atoms with E-state index in [1.807, 2.05) is 0 Å². The molecule has 0 aliphatic rings. The summed E-state index contributed by atoms with van der Waals surface area (Å²) in [5, 5.41) is 7.59. The van der Waals surface area contributed by atoms with Crippen LogP contribution in [0.1, 0.15) is 13.3 Å². The van der Waals surface area contributed by atoms with Crippen LogP contribution in [0.5, 0.6) is 0 Å². The number of allylic oxidation sites excluding steroid dienone is 1. The standard InChI is InChI=1S/C6H12O4S.Na/c1-3-4-6(5(2)7)11(8,9)10;/h3,5-7H,1,4H2,2H3,(H,8,9,10);/q;+1/p-1. The third kappa shape index (κ3) is 5.29. The maximum atomic E-state index is 10.4. The second kappa shape index (κ2) is 6.12. The summed E-state index contributed by atoms with van der Waals surface area (Å²) in [4.78, 5) is 0. The Balaban J connectivity index is 0. The fourth-order valence-corrected chi connectivity index (χ4v) is 1.57. The van der Waals surface area contributed by atoms with Crippen LogP contribution in [0.25, 0.3) is 0 Å². The summed E-state index contributed by atoms with van der Waals surface area (Å²) in [5.74, 6) is 0. The van der Waals surface area contributed by atoms with Crippen molar-refractivity contribution in [2.75, 3.05) is 0 Å². The average molecular weight is 202 g/mol. The molecule has 0 heterocycles. The number of aliphatic hydroxyl groups excluding tert-OH is 1. The smallest absolute Gasteiger partial charge is 0.748 e. The minimum Gasteiger partial charge on any atom is -0.748 e. The summed E-state index contributed by atoms with van der Waals surface area (Å²) in [5.41, 5.74) is 0. The number of rotatable bonds is 4. The molecule has 6 heteroatoms. The molecule has 0 aromatic carbocycles. The van der Waals surface area contributed by atoms with Crippen molar-refractivity contribution in [1.82, 2.24) is 0 Å². The molecule has 1 N–H and O–H groups in total. The zero-order valence-electron chi connectivity index (χ0n) is 7.23. The Morgan fingerprint density at radius 2 is 2.08 bits per heavy atom. The molecule has 0 rings (SSSR count). The summed E-state index contributed by atoms with van der Waals surface area (Å²) in [7, 11) is -4.40. The van der Waals surface area contributed by atoms with Gasteiger partial charge in [-0.25, -0.2) is 8.42 Å². The molecule has 0 amide bonds. The van der Waals surface area contributed by atoms with Gasteiger partial charge in [0, 0.05) is 0 Å². The first-order valence-electron chi connectivity index (χ1n) is 3.13. The first kappa shape index (κ1) is 15.1. The van der Waals surface area contributed by atoms with Crippen molar-refractivity contribution in [1.29, 1.82) is 0 Å². The molecule has 2 unspecified atom stereocenters. The molecule has 66 valence electrons. The van der Waals surface area contributed by atoms with Gasteiger partial charge in [-0.2, -0.15) is 0 Å². The van der Waals surface area contributed by atoms with Crippen LogP contribution in [0.15, 0.2) is 12.7 Å². The third-order valence-electron chi connectivity index (χ3n) is 1.31. The SMILES string of the molecule is C=CCC(C(C)O)S(=O)(=O)[O-].[Na+]. The van der Waals surface area contributed by atoms with Crippen LogP contribution in [0.2, 0.25) is 0 Å². The molecule has 0 aromatic heterocycles. The van der Waals surface area contributed by atoms with Crippen molar-refractivity contribution in [2.24, 2.45) is 0 Å². The minimum atomic E-state index is -4.40. The van der Waals surface area contributed by atoms with Crippen LogP contribution >= 0.6 is 0 Å². The van der Waals surface area contributed by atoms with E-state index in [1.165, 1.54) is 13.0 Å². The van der Waals surface area contributed by atoms with Gasteiger partial charge in [0.1, 0.15) is 10.1 Å². The van der Waals surface area contributed by atoms with E-state index in [0.717, 1.165) is 0 Å². The van der Waals surface area contributed by atoms with Crippen LogP contribution in [0.4, 0.5) is 0 Å². The van der Waals surface area contributed by atoms with E-state index in [9.17, 15) is 13.0 Å². The van der Waals surface area contributed by atoms with Gasteiger partial charge in [0.25, 0.3) is 0 Å². The van der Waals surface area contributed by atoms with Gasteiger partial charge < -0.3 is 9.66 Å². The zero-order valence-corrected chi connectivity index (χ0v) is 10.0. The van der Waals surface area contributed by atoms with Crippen molar-refractivity contribution in [2.45, 2.75) is 24.7 Å². The number of hydrogen-bond acceptors (Lipinski definition) is 4. The average Bonchev–Trinajstić information content (AvgIpc) is 1.79. The van der Waals surface area contributed by atoms with Gasteiger partial charge in [0.2, 0.25) is 0 Å². The Morgan fingerprint density at radius 3 is 2.17 bits per heavy atom. The van der Waals surface area contributed by atoms with E-state index < -0.39 is 21.5 Å². The van der Waals surface area contributed by atoms with Gasteiger partial charge in [0.15, 0.2) is 0 Å². The van der Waals surface area contributed by atoms with Gasteiger partial charge in [-0.15, -0.1) is 6.58 Å². The van der Waals surface area contributed by atoms with E-state index in [1.54, 1.807) is 0 Å². The van der Waals surface area contributed by atoms with E-state index in [4.69, 9.17) is 5.11 Å². The zero-order chi connectivity index (χ0) is 9.07. The molecule has 0 saturated carbocycles. The van der Waals surface area contributed by atoms with Crippen molar-refractivity contribution < 1.29 is 47.6 Å². The van der Waals surface area contributed by atoms with Gasteiger partial charge >= 0.3 is 29.6 Å². The molecular weight excluding hydrogens is 191 g/mol. The minimum absolute atomic E-state index is 0. The normalized spacial score (nSPS) is 15.9. The predicted octanol–water partition coefficient (Wildman–Crippen LogP) is -3.14. The van der Waals surface area contributed by atoms with Crippen LogP contribution in [-0.4, -0.2) is 29.4 Å². The molecule has 2 atom stereocenters. The second-order valence-electron chi connectivity index (χ2n) is 2.30. The molecule has 0 aliphatic carbocycles. The van der Waals surface area contributed by atoms with Crippen LogP contribution < -0.4 is 29.6 Å². The summed E-state index contributed by atoms with van der Waals surface area (Å²) in [6.45, 7) is 4.55. The summed E-state index contributed by atoms with van der Waals surface area (Å²) in [6, 6.07) is 0. The maximum Gasteiger partial charge on any atom is 1.00 e. The Kier molecular flexibility index (Phi) is 7.70. The number of aliphatic hydroxyl groups is 1. The summed E-state index contributed by atoms with van der Waals surface area (Å²) < 4.78 is 31.2. The van der Waals surface area contributed by atoms with Crippen molar-refractivity contribution in [3.05, 3.63) is 12.7 Å². The Hall–Kier alpha value is 0.610. The van der Waals surface area contributed by atoms with E-state index >= 15 is 0 Å². The summed E-state index contributed by atoms with van der Waals surface area (Å²) >= 11 is 0. The predicted molar refractivity (Wildman–Crippen MR) is 40.0 cm³/mol. The topological polar surface area (TPSA) is 77.4 Å². The van der Waals surface area contributed by atoms with Gasteiger partial charge in [-0.05, 0) is 13.3 Å². The largest absolute Gasteiger partial charge is 1.00 e. The Morgan fingerprint density at radius 1 is 1.67 bits per heavy atom. The van der Waals surface area contributed by atoms with Crippen molar-refractivity contribution >= 4 is 10.1 Å². The molecule has 0 saturated heterocycles. The molecule has 0 fully saturated rings. The first-order valence-corrected chi connectivity index (χ1v) is 4.60. The first-order chi connectivity index (χ1) is 4.89. The molecule has 0 spiro atoms. The molecule has 4 nitrogen and oxygen atoms in total. The van der Waals surface area contributed by atoms with Crippen molar-refractivity contribution in [3.8, 4) is 0 Å². The van der Waals surface area contributed by atoms with Crippen LogP contribution in [0.3, 0.4) is 0 Å². The van der Waals surface area contributed by atoms with Gasteiger partial charge in [0.05, 0.1) is 11.4 Å². The fraction of sp³-hybridized carbons (Fsp3) is 0.667. The molecular formula is C6H11NaO4S. The number of hydrogen-bond donors (Lipinski definition) is 1. The van der Waals surface area contributed by atoms with Gasteiger partial charge in [-0.1, -0.05) is 6.08 Å². The van der Waals surface area contributed by atoms with E-state index in [0.29, 0.717) is 0 Å². The van der Waals surface area contributed by atoms with E-state index in [2.05, 4.69) is 6.58 Å². The second-order valence-corrected chi connectivity index (χ2v) is 3.89. The molecule has 0 bridgehead atoms. The monoisotopic (exact) mass is 202 g/mol. The maximum absolute atomic E-state index is 10.4. The van der Waals surface area contributed by atoms with E-state index in [-0.39, 0.29) is 36.0 Å². The third-order valence-corrected chi connectivity index (χ3v) is 2.64. The van der Waals surface area contributed by atoms with Gasteiger partial charge in [-0.3, -0.25) is 0 Å². The quantitative estimate of drug-likeness (QED) is 0.297. The van der Waals surface area contributed by atoms with Crippen LogP contribution in [0, 0.1) is 0 Å². The van der Waals surface area contributed by atoms with Crippen molar-refractivity contribution in [3.63, 3.8) is 0 Å². The summed E-state index contributed by atoms with van der Waals surface area (Å²) in [6.07, 6.45) is 0.145. The molecule has 0 aliphatic heterocycles. The molecule has 0 radical (unpaired) electrons. The Labute approximate surface area is 94.7 Å².